The smallest absolute Gasteiger partial charge is 0.0827 e. The number of aliphatic hydroxyl groups excluding tert-OH is 1. The molecule has 1 aromatic rings. The number of aliphatic hydroxyl groups is 1. The van der Waals surface area contributed by atoms with Crippen LogP contribution in [0.15, 0.2) is 30.3 Å². The average Bonchev–Trinajstić information content (AvgIpc) is 2.47. The molecule has 112 valence electrons. The predicted molar refractivity (Wildman–Crippen MR) is 83.7 cm³/mol. The molecule has 0 saturated carbocycles. The second kappa shape index (κ2) is 7.21. The summed E-state index contributed by atoms with van der Waals surface area (Å²) in [6, 6.07) is 10.6. The zero-order valence-corrected chi connectivity index (χ0v) is 13.0. The average molecular weight is 276 g/mol. The molecule has 0 aromatic heterocycles. The Kier molecular flexibility index (Phi) is 5.58. The molecule has 0 spiro atoms. The molecule has 1 aliphatic rings. The molecule has 0 aliphatic carbocycles. The third-order valence-electron chi connectivity index (χ3n) is 4.48. The van der Waals surface area contributed by atoms with Gasteiger partial charge in [-0.25, -0.2) is 0 Å². The molecule has 0 radical (unpaired) electrons. The van der Waals surface area contributed by atoms with Gasteiger partial charge in [-0.05, 0) is 24.9 Å². The van der Waals surface area contributed by atoms with Gasteiger partial charge in [-0.15, -0.1) is 0 Å². The molecule has 0 amide bonds. The van der Waals surface area contributed by atoms with E-state index in [1.165, 1.54) is 0 Å². The van der Waals surface area contributed by atoms with Crippen LogP contribution in [0.25, 0.3) is 0 Å². The van der Waals surface area contributed by atoms with Crippen LogP contribution < -0.4 is 0 Å². The Morgan fingerprint density at radius 3 is 2.55 bits per heavy atom. The fourth-order valence-corrected chi connectivity index (χ4v) is 3.19. The maximum Gasteiger partial charge on any atom is 0.0827 e. The highest BCUT2D eigenvalue weighted by molar-refractivity contribution is 5.17. The van der Waals surface area contributed by atoms with Crippen molar-refractivity contribution in [2.24, 2.45) is 5.92 Å². The van der Waals surface area contributed by atoms with Gasteiger partial charge in [0.1, 0.15) is 0 Å². The third kappa shape index (κ3) is 3.81. The minimum absolute atomic E-state index is 0.262. The zero-order valence-electron chi connectivity index (χ0n) is 13.0. The van der Waals surface area contributed by atoms with Gasteiger partial charge in [-0.1, -0.05) is 44.2 Å². The maximum atomic E-state index is 10.4. The summed E-state index contributed by atoms with van der Waals surface area (Å²) in [7, 11) is 0. The van der Waals surface area contributed by atoms with Crippen LogP contribution in [0, 0.1) is 5.92 Å². The lowest BCUT2D eigenvalue weighted by Crippen LogP contribution is -2.52. The molecule has 1 N–H and O–H groups in total. The van der Waals surface area contributed by atoms with Crippen molar-refractivity contribution < 1.29 is 5.11 Å². The largest absolute Gasteiger partial charge is 0.388 e. The number of benzene rings is 1. The molecular weight excluding hydrogens is 248 g/mol. The van der Waals surface area contributed by atoms with Crippen LogP contribution in [-0.4, -0.2) is 53.7 Å². The van der Waals surface area contributed by atoms with E-state index in [0.29, 0.717) is 6.04 Å². The predicted octanol–water partition coefficient (Wildman–Crippen LogP) is 2.38. The first-order chi connectivity index (χ1) is 9.61. The molecule has 3 atom stereocenters. The van der Waals surface area contributed by atoms with Gasteiger partial charge in [0.15, 0.2) is 0 Å². The summed E-state index contributed by atoms with van der Waals surface area (Å²) >= 11 is 0. The lowest BCUT2D eigenvalue weighted by Gasteiger charge is -2.40. The Morgan fingerprint density at radius 2 is 1.95 bits per heavy atom. The molecular formula is C17H28N2O. The number of rotatable bonds is 5. The van der Waals surface area contributed by atoms with Gasteiger partial charge < -0.3 is 10.0 Å². The van der Waals surface area contributed by atoms with E-state index < -0.39 is 0 Å². The molecule has 2 rings (SSSR count). The van der Waals surface area contributed by atoms with E-state index in [1.807, 2.05) is 30.3 Å². The fourth-order valence-electron chi connectivity index (χ4n) is 3.19. The lowest BCUT2D eigenvalue weighted by molar-refractivity contribution is 0.0455. The van der Waals surface area contributed by atoms with Gasteiger partial charge in [0, 0.05) is 32.2 Å². The second-order valence-electron chi connectivity index (χ2n) is 6.07. The van der Waals surface area contributed by atoms with E-state index in [9.17, 15) is 5.11 Å². The molecule has 1 aromatic carbocycles. The lowest BCUT2D eigenvalue weighted by atomic mass is 9.96. The monoisotopic (exact) mass is 276 g/mol. The Bertz CT molecular complexity index is 395. The second-order valence-corrected chi connectivity index (χ2v) is 6.07. The van der Waals surface area contributed by atoms with Crippen molar-refractivity contribution in [3.8, 4) is 0 Å². The van der Waals surface area contributed by atoms with E-state index in [4.69, 9.17) is 0 Å². The van der Waals surface area contributed by atoms with E-state index >= 15 is 0 Å². The Morgan fingerprint density at radius 1 is 1.25 bits per heavy atom. The Hall–Kier alpha value is -0.900. The molecule has 1 heterocycles. The fraction of sp³-hybridized carbons (Fsp3) is 0.647. The van der Waals surface area contributed by atoms with Crippen molar-refractivity contribution in [1.29, 1.82) is 0 Å². The minimum atomic E-state index is -0.365. The molecule has 20 heavy (non-hydrogen) atoms. The van der Waals surface area contributed by atoms with E-state index in [2.05, 4.69) is 30.6 Å². The standard InChI is InChI=1S/C17H28N2O/c1-4-19-11-10-18(13-15(19)3)12-14(2)17(20)16-8-6-5-7-9-16/h5-9,14-15,17,20H,4,10-13H2,1-3H3. The summed E-state index contributed by atoms with van der Waals surface area (Å²) in [6.45, 7) is 12.2. The van der Waals surface area contributed by atoms with E-state index in [0.717, 1.165) is 38.3 Å². The highest BCUT2D eigenvalue weighted by atomic mass is 16.3. The first-order valence-electron chi connectivity index (χ1n) is 7.81. The van der Waals surface area contributed by atoms with Gasteiger partial charge in [-0.2, -0.15) is 0 Å². The number of piperazine rings is 1. The third-order valence-corrected chi connectivity index (χ3v) is 4.48. The maximum absolute atomic E-state index is 10.4. The van der Waals surface area contributed by atoms with Crippen LogP contribution >= 0.6 is 0 Å². The van der Waals surface area contributed by atoms with Crippen molar-refractivity contribution in [3.05, 3.63) is 35.9 Å². The molecule has 3 heteroatoms. The van der Waals surface area contributed by atoms with Crippen LogP contribution in [0.3, 0.4) is 0 Å². The van der Waals surface area contributed by atoms with Crippen LogP contribution in [-0.2, 0) is 0 Å². The number of hydrogen-bond donors (Lipinski definition) is 1. The summed E-state index contributed by atoms with van der Waals surface area (Å²) < 4.78 is 0. The van der Waals surface area contributed by atoms with Gasteiger partial charge in [0.25, 0.3) is 0 Å². The number of hydrogen-bond acceptors (Lipinski definition) is 3. The van der Waals surface area contributed by atoms with E-state index in [-0.39, 0.29) is 12.0 Å². The summed E-state index contributed by atoms with van der Waals surface area (Å²) in [5, 5.41) is 10.4. The van der Waals surface area contributed by atoms with Crippen molar-refractivity contribution >= 4 is 0 Å². The zero-order chi connectivity index (χ0) is 14.5. The van der Waals surface area contributed by atoms with Gasteiger partial charge in [0.2, 0.25) is 0 Å². The number of likely N-dealkylation sites (N-methyl/N-ethyl adjacent to an activating group) is 1. The van der Waals surface area contributed by atoms with Crippen LogP contribution in [0.1, 0.15) is 32.4 Å². The Labute approximate surface area is 123 Å². The molecule has 1 fully saturated rings. The van der Waals surface area contributed by atoms with E-state index in [1.54, 1.807) is 0 Å². The normalized spacial score (nSPS) is 24.5. The molecule has 1 aliphatic heterocycles. The highest BCUT2D eigenvalue weighted by Crippen LogP contribution is 2.23. The SMILES string of the molecule is CCN1CCN(CC(C)C(O)c2ccccc2)CC1C. The van der Waals surface area contributed by atoms with Crippen molar-refractivity contribution in [2.75, 3.05) is 32.7 Å². The van der Waals surface area contributed by atoms with Crippen molar-refractivity contribution in [3.63, 3.8) is 0 Å². The minimum Gasteiger partial charge on any atom is -0.388 e. The quantitative estimate of drug-likeness (QED) is 0.894. The number of nitrogens with zero attached hydrogens (tertiary/aromatic N) is 2. The van der Waals surface area contributed by atoms with Crippen molar-refractivity contribution in [2.45, 2.75) is 32.9 Å². The molecule has 0 bridgehead atoms. The first-order valence-corrected chi connectivity index (χ1v) is 7.81. The highest BCUT2D eigenvalue weighted by Gasteiger charge is 2.25. The summed E-state index contributed by atoms with van der Waals surface area (Å²) in [6.07, 6.45) is -0.365. The summed E-state index contributed by atoms with van der Waals surface area (Å²) in [4.78, 5) is 5.02. The first kappa shape index (κ1) is 15.5. The van der Waals surface area contributed by atoms with Gasteiger partial charge in [0.05, 0.1) is 6.10 Å². The van der Waals surface area contributed by atoms with Crippen LogP contribution in [0.4, 0.5) is 0 Å². The van der Waals surface area contributed by atoms with Gasteiger partial charge in [-0.3, -0.25) is 4.90 Å². The molecule has 3 unspecified atom stereocenters. The van der Waals surface area contributed by atoms with Gasteiger partial charge >= 0.3 is 0 Å². The summed E-state index contributed by atoms with van der Waals surface area (Å²) in [5.41, 5.74) is 1.03. The molecule has 3 nitrogen and oxygen atoms in total. The Balaban J connectivity index is 1.87. The molecule has 1 saturated heterocycles. The van der Waals surface area contributed by atoms with Crippen molar-refractivity contribution in [1.82, 2.24) is 9.80 Å². The van der Waals surface area contributed by atoms with Crippen LogP contribution in [0.5, 0.6) is 0 Å². The van der Waals surface area contributed by atoms with Crippen LogP contribution in [0.2, 0.25) is 0 Å². The topological polar surface area (TPSA) is 26.7 Å². The summed E-state index contributed by atoms with van der Waals surface area (Å²) in [5.74, 6) is 0.262.